The number of urea groups is 1. The summed E-state index contributed by atoms with van der Waals surface area (Å²) in [4.78, 5) is 46.9. The zero-order valence-electron chi connectivity index (χ0n) is 26.6. The molecule has 0 bridgehead atoms. The van der Waals surface area contributed by atoms with Crippen molar-refractivity contribution in [1.29, 1.82) is 0 Å². The van der Waals surface area contributed by atoms with Crippen LogP contribution in [0.5, 0.6) is 5.75 Å². The highest BCUT2D eigenvalue weighted by molar-refractivity contribution is 5.88. The molecule has 0 unspecified atom stereocenters. The second-order valence-corrected chi connectivity index (χ2v) is 13.3. The zero-order valence-corrected chi connectivity index (χ0v) is 26.6. The van der Waals surface area contributed by atoms with Gasteiger partial charge in [-0.3, -0.25) is 9.59 Å². The van der Waals surface area contributed by atoms with Crippen molar-refractivity contribution in [1.82, 2.24) is 30.4 Å². The minimum absolute atomic E-state index is 0.121. The van der Waals surface area contributed by atoms with Crippen LogP contribution in [0.1, 0.15) is 77.0 Å². The Labute approximate surface area is 256 Å². The summed E-state index contributed by atoms with van der Waals surface area (Å²) in [7, 11) is 3.52. The second kappa shape index (κ2) is 14.3. The Morgan fingerprint density at radius 3 is 2.33 bits per heavy atom. The third-order valence-corrected chi connectivity index (χ3v) is 8.92. The lowest BCUT2D eigenvalue weighted by molar-refractivity contribution is -0.146. The molecule has 0 spiro atoms. The van der Waals surface area contributed by atoms with Gasteiger partial charge in [-0.1, -0.05) is 31.4 Å². The summed E-state index contributed by atoms with van der Waals surface area (Å²) in [5.74, 6) is 1.07. The van der Waals surface area contributed by atoms with Gasteiger partial charge in [0, 0.05) is 51.3 Å². The summed E-state index contributed by atoms with van der Waals surface area (Å²) in [5.41, 5.74) is 1.03. The van der Waals surface area contributed by atoms with Crippen molar-refractivity contribution >= 4 is 17.8 Å². The molecule has 10 heteroatoms. The number of piperidine rings is 1. The number of nitrogens with zero attached hydrogens (tertiary/aromatic N) is 3. The van der Waals surface area contributed by atoms with Crippen LogP contribution < -0.4 is 20.7 Å². The summed E-state index contributed by atoms with van der Waals surface area (Å²) >= 11 is 0. The Hall–Kier alpha value is -3.56. The Kier molecular flexibility index (Phi) is 10.7. The first-order valence-corrected chi connectivity index (χ1v) is 15.7. The Bertz CT molecular complexity index is 1220. The van der Waals surface area contributed by atoms with Crippen molar-refractivity contribution in [2.45, 2.75) is 90.1 Å². The van der Waals surface area contributed by atoms with E-state index < -0.39 is 11.5 Å². The summed E-state index contributed by atoms with van der Waals surface area (Å²) in [6, 6.07) is 6.42. The van der Waals surface area contributed by atoms with Crippen LogP contribution >= 0.6 is 0 Å². The molecule has 10 nitrogen and oxygen atoms in total. The number of benzene rings is 1. The number of amides is 4. The van der Waals surface area contributed by atoms with E-state index in [9.17, 15) is 14.4 Å². The van der Waals surface area contributed by atoms with Gasteiger partial charge in [-0.05, 0) is 70.1 Å². The number of carbonyl (C=O) groups is 3. The first-order valence-electron chi connectivity index (χ1n) is 15.7. The number of imidazole rings is 1. The maximum absolute atomic E-state index is 14.0. The Morgan fingerprint density at radius 2 is 1.74 bits per heavy atom. The number of rotatable bonds is 10. The zero-order chi connectivity index (χ0) is 31.0. The minimum Gasteiger partial charge on any atom is -0.497 e. The smallest absolute Gasteiger partial charge is 0.315 e. The number of nitrogens with one attached hydrogen (secondary N) is 3. The van der Waals surface area contributed by atoms with Gasteiger partial charge in [-0.2, -0.15) is 0 Å². The summed E-state index contributed by atoms with van der Waals surface area (Å²) < 4.78 is 7.16. The lowest BCUT2D eigenvalue weighted by atomic mass is 9.63. The monoisotopic (exact) mass is 594 g/mol. The van der Waals surface area contributed by atoms with Gasteiger partial charge in [0.15, 0.2) is 0 Å². The third-order valence-electron chi connectivity index (χ3n) is 8.92. The van der Waals surface area contributed by atoms with Crippen molar-refractivity contribution in [3.05, 3.63) is 48.0 Å². The van der Waals surface area contributed by atoms with Crippen LogP contribution in [0.2, 0.25) is 0 Å². The normalized spacial score (nSPS) is 18.0. The molecule has 2 aliphatic rings. The topological polar surface area (TPSA) is 118 Å². The van der Waals surface area contributed by atoms with Crippen molar-refractivity contribution in [2.24, 2.45) is 18.4 Å². The number of carbonyl (C=O) groups excluding carboxylic acids is 3. The molecule has 1 aliphatic heterocycles. The van der Waals surface area contributed by atoms with E-state index >= 15 is 0 Å². The Balaban J connectivity index is 1.45. The van der Waals surface area contributed by atoms with E-state index in [1.54, 1.807) is 13.4 Å². The first kappa shape index (κ1) is 32.4. The number of likely N-dealkylation sites (tertiary alicyclic amines) is 1. The highest BCUT2D eigenvalue weighted by Gasteiger charge is 2.49. The number of hydrogen-bond acceptors (Lipinski definition) is 5. The molecule has 1 aliphatic carbocycles. The van der Waals surface area contributed by atoms with E-state index in [1.165, 1.54) is 6.42 Å². The van der Waals surface area contributed by atoms with Crippen molar-refractivity contribution in [2.75, 3.05) is 26.7 Å². The highest BCUT2D eigenvalue weighted by Crippen LogP contribution is 2.46. The maximum atomic E-state index is 14.0. The minimum atomic E-state index is -0.742. The summed E-state index contributed by atoms with van der Waals surface area (Å²) in [5, 5.41) is 9.10. The molecule has 1 aromatic carbocycles. The fourth-order valence-electron chi connectivity index (χ4n) is 6.59. The van der Waals surface area contributed by atoms with Gasteiger partial charge in [-0.25, -0.2) is 9.78 Å². The molecular weight excluding hydrogens is 544 g/mol. The fourth-order valence-corrected chi connectivity index (χ4v) is 6.59. The fraction of sp³-hybridized carbons (Fsp3) is 0.636. The van der Waals surface area contributed by atoms with Gasteiger partial charge in [0.2, 0.25) is 11.8 Å². The highest BCUT2D eigenvalue weighted by atomic mass is 16.5. The molecule has 2 fully saturated rings. The van der Waals surface area contributed by atoms with E-state index in [2.05, 4.69) is 20.9 Å². The molecule has 1 atom stereocenters. The van der Waals surface area contributed by atoms with E-state index in [0.29, 0.717) is 51.2 Å². The van der Waals surface area contributed by atoms with Crippen molar-refractivity contribution in [3.8, 4) is 5.75 Å². The van der Waals surface area contributed by atoms with Crippen LogP contribution in [0.25, 0.3) is 0 Å². The van der Waals surface area contributed by atoms with Gasteiger partial charge >= 0.3 is 6.03 Å². The molecule has 2 aromatic rings. The molecule has 3 N–H and O–H groups in total. The molecule has 1 saturated heterocycles. The maximum Gasteiger partial charge on any atom is 0.315 e. The number of ether oxygens (including phenoxy) is 1. The lowest BCUT2D eigenvalue weighted by Gasteiger charge is -2.48. The van der Waals surface area contributed by atoms with E-state index in [0.717, 1.165) is 42.7 Å². The molecule has 236 valence electrons. The standard InChI is InChI=1S/C33H50N6O4/c1-32(2,3)37-30(41)33(25-9-7-6-8-10-25)16-19-39(20-17-33)29(40)28(21-24-11-13-27(43-5)14-12-24)36-31(42)34-18-15-26-22-38(4)23-35-26/h11-14,22-23,25,28H,6-10,15-21H2,1-5H3,(H,37,41)(H2,34,36,42)/t28-/m1/s1. The molecule has 0 radical (unpaired) electrons. The van der Waals surface area contributed by atoms with Crippen LogP contribution in [0.4, 0.5) is 4.79 Å². The van der Waals surface area contributed by atoms with Gasteiger partial charge in [0.25, 0.3) is 0 Å². The average Bonchev–Trinajstić information content (AvgIpc) is 3.41. The van der Waals surface area contributed by atoms with Crippen LogP contribution in [0, 0.1) is 11.3 Å². The average molecular weight is 595 g/mol. The largest absolute Gasteiger partial charge is 0.497 e. The van der Waals surface area contributed by atoms with Gasteiger partial charge in [-0.15, -0.1) is 0 Å². The summed E-state index contributed by atoms with van der Waals surface area (Å²) in [6.45, 7) is 7.46. The summed E-state index contributed by atoms with van der Waals surface area (Å²) in [6.07, 6.45) is 11.5. The van der Waals surface area contributed by atoms with Gasteiger partial charge in [0.1, 0.15) is 11.8 Å². The van der Waals surface area contributed by atoms with Crippen LogP contribution in [-0.4, -0.2) is 70.6 Å². The van der Waals surface area contributed by atoms with E-state index in [-0.39, 0.29) is 23.4 Å². The number of methoxy groups -OCH3 is 1. The number of hydrogen-bond donors (Lipinski definition) is 3. The lowest BCUT2D eigenvalue weighted by Crippen LogP contribution is -2.59. The number of aryl methyl sites for hydroxylation is 1. The van der Waals surface area contributed by atoms with Crippen molar-refractivity contribution < 1.29 is 19.1 Å². The molecule has 4 amide bonds. The molecular formula is C33H50N6O4. The predicted octanol–water partition coefficient (Wildman–Crippen LogP) is 3.99. The van der Waals surface area contributed by atoms with Gasteiger partial charge in [0.05, 0.1) is 24.5 Å². The Morgan fingerprint density at radius 1 is 1.07 bits per heavy atom. The van der Waals surface area contributed by atoms with Gasteiger partial charge < -0.3 is 30.2 Å². The molecule has 43 heavy (non-hydrogen) atoms. The molecule has 1 saturated carbocycles. The first-order chi connectivity index (χ1) is 20.5. The van der Waals surface area contributed by atoms with Crippen molar-refractivity contribution in [3.63, 3.8) is 0 Å². The molecule has 4 rings (SSSR count). The van der Waals surface area contributed by atoms with Crippen LogP contribution in [-0.2, 0) is 29.5 Å². The second-order valence-electron chi connectivity index (χ2n) is 13.3. The predicted molar refractivity (Wildman–Crippen MR) is 167 cm³/mol. The third kappa shape index (κ3) is 8.74. The number of aromatic nitrogens is 2. The van der Waals surface area contributed by atoms with E-state index in [1.807, 2.05) is 67.7 Å². The SMILES string of the molecule is COc1ccc(C[C@@H](NC(=O)NCCc2cn(C)cn2)C(=O)N2CCC(C(=O)NC(C)(C)C)(C3CCCCC3)CC2)cc1. The van der Waals surface area contributed by atoms with Crippen LogP contribution in [0.3, 0.4) is 0 Å². The van der Waals surface area contributed by atoms with Crippen LogP contribution in [0.15, 0.2) is 36.8 Å². The van der Waals surface area contributed by atoms with E-state index in [4.69, 9.17) is 4.74 Å². The molecule has 1 aromatic heterocycles. The molecule has 2 heterocycles. The quantitative estimate of drug-likeness (QED) is 0.385.